The molecule has 3 aromatic rings. The summed E-state index contributed by atoms with van der Waals surface area (Å²) in [7, 11) is -4.12. The monoisotopic (exact) mass is 787 g/mol. The minimum Gasteiger partial charge on any atom is -0.464 e. The normalized spacial score (nSPS) is 22.0. The van der Waals surface area contributed by atoms with Gasteiger partial charge in [0.25, 0.3) is 5.85 Å². The van der Waals surface area contributed by atoms with Crippen molar-refractivity contribution in [3.05, 3.63) is 46.3 Å². The van der Waals surface area contributed by atoms with E-state index >= 15 is 0 Å². The first-order valence-electron chi connectivity index (χ1n) is 16.8. The molecule has 1 amide bonds. The van der Waals surface area contributed by atoms with Crippen molar-refractivity contribution in [2.24, 2.45) is 0 Å². The second-order valence-corrected chi connectivity index (χ2v) is 16.1. The minimum absolute atomic E-state index is 0.00307. The van der Waals surface area contributed by atoms with Gasteiger partial charge in [-0.2, -0.15) is 15.1 Å². The third kappa shape index (κ3) is 8.88. The van der Waals surface area contributed by atoms with Crippen LogP contribution in [0.1, 0.15) is 67.2 Å². The second kappa shape index (κ2) is 16.2. The Balaban J connectivity index is 1.51. The Bertz CT molecular complexity index is 1800. The van der Waals surface area contributed by atoms with Crippen molar-refractivity contribution < 1.29 is 51.6 Å². The van der Waals surface area contributed by atoms with Crippen LogP contribution >= 0.6 is 30.8 Å². The first-order chi connectivity index (χ1) is 24.5. The molecule has 2 fully saturated rings. The van der Waals surface area contributed by atoms with Crippen LogP contribution in [0, 0.1) is 0 Å². The zero-order valence-electron chi connectivity index (χ0n) is 30.2. The summed E-state index contributed by atoms with van der Waals surface area (Å²) >= 11 is 13.0. The average molecular weight is 789 g/mol. The summed E-state index contributed by atoms with van der Waals surface area (Å²) in [5.41, 5.74) is 0.00801. The molecule has 4 heterocycles. The van der Waals surface area contributed by atoms with Crippen molar-refractivity contribution in [2.45, 2.75) is 104 Å². The number of carbonyl (C=O) groups excluding carboxylic acids is 2. The Kier molecular flexibility index (Phi) is 12.6. The van der Waals surface area contributed by atoms with Gasteiger partial charge in [0, 0.05) is 5.02 Å². The van der Waals surface area contributed by atoms with Gasteiger partial charge in [-0.3, -0.25) is 9.46 Å². The van der Waals surface area contributed by atoms with Crippen molar-refractivity contribution in [3.8, 4) is 0 Å². The molecule has 0 aliphatic carbocycles. The van der Waals surface area contributed by atoms with Gasteiger partial charge in [0.2, 0.25) is 5.28 Å². The molecule has 5 atom stereocenters. The first kappa shape index (κ1) is 40.3. The maximum atomic E-state index is 13.7. The maximum Gasteiger partial charge on any atom is 0.416 e. The second-order valence-electron chi connectivity index (χ2n) is 13.2. The molecule has 16 nitrogen and oxygen atoms in total. The summed E-state index contributed by atoms with van der Waals surface area (Å²) in [5.74, 6) is -3.54. The van der Waals surface area contributed by atoms with E-state index in [0.717, 1.165) is 0 Å². The predicted octanol–water partition coefficient (Wildman–Crippen LogP) is 6.66. The van der Waals surface area contributed by atoms with Gasteiger partial charge < -0.3 is 37.5 Å². The standard InChI is InChI=1S/C33H44Cl2N5O11P/c1-9-44-28(41)29(52(43,46-10-2)47-11-3)45-18-22-23-24(50-33(7,8)49-23)27(48-22)40-26-20(16-36-40)25(37-30(35)38-26)39(31(42)51-32(4,5)6)17-19-14-12-13-15-21(19)34/h12-16,22-24,27,29H,9-11,17-18H2,1-8H3/t22-,23-,24-,27?,29?/m1/s1. The first-order valence-corrected chi connectivity index (χ1v) is 19.2. The van der Waals surface area contributed by atoms with E-state index < -0.39 is 61.4 Å². The number of benzene rings is 1. The largest absolute Gasteiger partial charge is 0.464 e. The predicted molar refractivity (Wildman–Crippen MR) is 189 cm³/mol. The Hall–Kier alpha value is -2.92. The zero-order valence-corrected chi connectivity index (χ0v) is 32.6. The van der Waals surface area contributed by atoms with Crippen molar-refractivity contribution in [2.75, 3.05) is 31.3 Å². The molecule has 0 spiro atoms. The lowest BCUT2D eigenvalue weighted by Crippen LogP contribution is -2.37. The Labute approximate surface area is 311 Å². The number of fused-ring (bicyclic) bond motifs is 2. The molecule has 2 unspecified atom stereocenters. The molecule has 52 heavy (non-hydrogen) atoms. The summed E-state index contributed by atoms with van der Waals surface area (Å²) in [6.45, 7) is 13.3. The lowest BCUT2D eigenvalue weighted by Gasteiger charge is -2.28. The molecule has 2 aliphatic heterocycles. The molecule has 5 rings (SSSR count). The van der Waals surface area contributed by atoms with Crippen molar-refractivity contribution >= 4 is 59.7 Å². The molecule has 2 aromatic heterocycles. The number of ether oxygens (including phenoxy) is 6. The highest BCUT2D eigenvalue weighted by Gasteiger charge is 2.57. The molecular weight excluding hydrogens is 744 g/mol. The van der Waals surface area contributed by atoms with E-state index in [1.165, 1.54) is 15.8 Å². The Morgan fingerprint density at radius 2 is 1.71 bits per heavy atom. The lowest BCUT2D eigenvalue weighted by molar-refractivity contribution is -0.204. The van der Waals surface area contributed by atoms with Crippen LogP contribution in [0.25, 0.3) is 11.0 Å². The number of halogens is 2. The summed E-state index contributed by atoms with van der Waals surface area (Å²) in [5, 5.41) is 5.19. The molecule has 1 aromatic carbocycles. The quantitative estimate of drug-likeness (QED) is 0.0964. The summed E-state index contributed by atoms with van der Waals surface area (Å²) < 4.78 is 61.8. The van der Waals surface area contributed by atoms with Crippen molar-refractivity contribution in [1.29, 1.82) is 0 Å². The van der Waals surface area contributed by atoms with Crippen LogP contribution in [0.5, 0.6) is 0 Å². The van der Waals surface area contributed by atoms with Gasteiger partial charge in [0.15, 0.2) is 23.5 Å². The van der Waals surface area contributed by atoms with Gasteiger partial charge in [-0.15, -0.1) is 0 Å². The van der Waals surface area contributed by atoms with Crippen LogP contribution in [0.15, 0.2) is 30.5 Å². The Morgan fingerprint density at radius 3 is 2.35 bits per heavy atom. The summed E-state index contributed by atoms with van der Waals surface area (Å²) in [6, 6.07) is 7.08. The van der Waals surface area contributed by atoms with Gasteiger partial charge in [-0.05, 0) is 78.6 Å². The Morgan fingerprint density at radius 1 is 1.04 bits per heavy atom. The molecule has 0 radical (unpaired) electrons. The number of aromatic nitrogens is 4. The zero-order chi connectivity index (χ0) is 38.0. The molecule has 286 valence electrons. The fourth-order valence-corrected chi connectivity index (χ4v) is 7.85. The number of hydrogen-bond donors (Lipinski definition) is 0. The van der Waals surface area contributed by atoms with Crippen LogP contribution in [0.2, 0.25) is 10.3 Å². The third-order valence-corrected chi connectivity index (χ3v) is 10.4. The van der Waals surface area contributed by atoms with Gasteiger partial charge in [-0.25, -0.2) is 14.3 Å². The van der Waals surface area contributed by atoms with Crippen molar-refractivity contribution in [1.82, 2.24) is 19.7 Å². The fraction of sp³-hybridized carbons (Fsp3) is 0.606. The van der Waals surface area contributed by atoms with E-state index in [4.69, 9.17) is 60.7 Å². The number of esters is 1. The lowest BCUT2D eigenvalue weighted by atomic mass is 10.1. The van der Waals surface area contributed by atoms with Gasteiger partial charge in [0.1, 0.15) is 23.9 Å². The number of hydrogen-bond acceptors (Lipinski definition) is 14. The highest BCUT2D eigenvalue weighted by molar-refractivity contribution is 7.55. The maximum absolute atomic E-state index is 13.7. The van der Waals surface area contributed by atoms with E-state index in [1.54, 1.807) is 79.7 Å². The SMILES string of the molecule is CCOC(=O)C(OC[C@H]1OC(n2ncc3c(N(Cc4ccccc4Cl)C(=O)OC(C)(C)C)nc(Cl)nc32)[C@@H]2OC(C)(C)O[C@H]12)P(=O)(OCC)OCC. The molecule has 19 heteroatoms. The summed E-state index contributed by atoms with van der Waals surface area (Å²) in [4.78, 5) is 36.9. The van der Waals surface area contributed by atoms with E-state index in [0.29, 0.717) is 16.0 Å². The van der Waals surface area contributed by atoms with E-state index in [1.807, 2.05) is 0 Å². The van der Waals surface area contributed by atoms with Crippen LogP contribution in [0.4, 0.5) is 10.6 Å². The molecular formula is C33H44Cl2N5O11P. The molecule has 0 bridgehead atoms. The van der Waals surface area contributed by atoms with Crippen molar-refractivity contribution in [3.63, 3.8) is 0 Å². The average Bonchev–Trinajstić information content (AvgIpc) is 3.70. The van der Waals surface area contributed by atoms with E-state index in [-0.39, 0.29) is 49.7 Å². The number of nitrogens with zero attached hydrogens (tertiary/aromatic N) is 5. The van der Waals surface area contributed by atoms with Gasteiger partial charge in [0.05, 0.1) is 44.6 Å². The van der Waals surface area contributed by atoms with E-state index in [9.17, 15) is 14.2 Å². The fourth-order valence-electron chi connectivity index (χ4n) is 5.83. The van der Waals surface area contributed by atoms with Crippen LogP contribution in [-0.4, -0.2) is 93.8 Å². The smallest absolute Gasteiger partial charge is 0.416 e. The number of rotatable bonds is 14. The molecule has 0 saturated carbocycles. The molecule has 2 aliphatic rings. The number of carbonyl (C=O) groups is 2. The molecule has 2 saturated heterocycles. The number of amides is 1. The van der Waals surface area contributed by atoms with Crippen LogP contribution in [0.3, 0.4) is 0 Å². The van der Waals surface area contributed by atoms with Gasteiger partial charge in [-0.1, -0.05) is 29.8 Å². The summed E-state index contributed by atoms with van der Waals surface area (Å²) in [6.07, 6.45) is -2.57. The van der Waals surface area contributed by atoms with Gasteiger partial charge >= 0.3 is 19.7 Å². The minimum atomic E-state index is -4.12. The third-order valence-electron chi connectivity index (χ3n) is 7.74. The number of anilines is 1. The highest BCUT2D eigenvalue weighted by atomic mass is 35.5. The van der Waals surface area contributed by atoms with E-state index in [2.05, 4.69) is 15.1 Å². The molecule has 0 N–H and O–H groups in total. The highest BCUT2D eigenvalue weighted by Crippen LogP contribution is 2.54. The van der Waals surface area contributed by atoms with Crippen LogP contribution < -0.4 is 4.90 Å². The van der Waals surface area contributed by atoms with Crippen LogP contribution in [-0.2, 0) is 53.4 Å². The topological polar surface area (TPSA) is 172 Å².